The number of carbonyl (C=O) groups excluding carboxylic acids is 1. The minimum absolute atomic E-state index is 0.0545. The van der Waals surface area contributed by atoms with Gasteiger partial charge in [0.15, 0.2) is 5.78 Å². The van der Waals surface area contributed by atoms with Crippen LogP contribution in [0.3, 0.4) is 0 Å². The molecule has 1 aromatic carbocycles. The fourth-order valence-electron chi connectivity index (χ4n) is 1.40. The van der Waals surface area contributed by atoms with Gasteiger partial charge in [0.05, 0.1) is 7.11 Å². The Labute approximate surface area is 96.3 Å². The Hall–Kier alpha value is -1.77. The zero-order valence-electron chi connectivity index (χ0n) is 10.2. The SMILES string of the molecule is COc1ccc(/C(=C/N(C)C)C(C)=O)cc1. The van der Waals surface area contributed by atoms with E-state index in [9.17, 15) is 4.79 Å². The number of nitrogens with zero attached hydrogens (tertiary/aromatic N) is 1. The summed E-state index contributed by atoms with van der Waals surface area (Å²) in [7, 11) is 5.41. The van der Waals surface area contributed by atoms with E-state index in [-0.39, 0.29) is 5.78 Å². The van der Waals surface area contributed by atoms with E-state index in [1.54, 1.807) is 14.0 Å². The maximum Gasteiger partial charge on any atom is 0.161 e. The number of hydrogen-bond acceptors (Lipinski definition) is 3. The molecule has 0 radical (unpaired) electrons. The van der Waals surface area contributed by atoms with Crippen LogP contribution < -0.4 is 4.74 Å². The lowest BCUT2D eigenvalue weighted by Gasteiger charge is -2.10. The average Bonchev–Trinajstić information content (AvgIpc) is 2.25. The summed E-state index contributed by atoms with van der Waals surface area (Å²) in [5, 5.41) is 0. The van der Waals surface area contributed by atoms with Gasteiger partial charge in [-0.15, -0.1) is 0 Å². The maximum absolute atomic E-state index is 11.5. The maximum atomic E-state index is 11.5. The second-order valence-electron chi connectivity index (χ2n) is 3.79. The van der Waals surface area contributed by atoms with E-state index >= 15 is 0 Å². The molecule has 0 bridgehead atoms. The van der Waals surface area contributed by atoms with Crippen LogP contribution in [0.5, 0.6) is 5.75 Å². The molecule has 0 aromatic heterocycles. The topological polar surface area (TPSA) is 29.5 Å². The average molecular weight is 219 g/mol. The Balaban J connectivity index is 3.07. The lowest BCUT2D eigenvalue weighted by molar-refractivity contribution is -0.111. The molecule has 0 amide bonds. The molecule has 0 atom stereocenters. The highest BCUT2D eigenvalue weighted by Crippen LogP contribution is 2.19. The number of ether oxygens (including phenoxy) is 1. The molecule has 3 heteroatoms. The predicted octanol–water partition coefficient (Wildman–Crippen LogP) is 2.19. The van der Waals surface area contributed by atoms with Gasteiger partial charge in [-0.3, -0.25) is 4.79 Å². The smallest absolute Gasteiger partial charge is 0.161 e. The molecule has 3 nitrogen and oxygen atoms in total. The quantitative estimate of drug-likeness (QED) is 0.727. The molecule has 0 aliphatic rings. The summed E-state index contributed by atoms with van der Waals surface area (Å²) in [5.74, 6) is 0.843. The second kappa shape index (κ2) is 5.35. The van der Waals surface area contributed by atoms with Crippen molar-refractivity contribution in [3.63, 3.8) is 0 Å². The van der Waals surface area contributed by atoms with Gasteiger partial charge in [0, 0.05) is 25.9 Å². The summed E-state index contributed by atoms with van der Waals surface area (Å²) in [6.45, 7) is 1.57. The van der Waals surface area contributed by atoms with Gasteiger partial charge in [0.25, 0.3) is 0 Å². The lowest BCUT2D eigenvalue weighted by Crippen LogP contribution is -2.06. The van der Waals surface area contributed by atoms with Crippen molar-refractivity contribution in [1.29, 1.82) is 0 Å². The standard InChI is InChI=1S/C13H17NO2/c1-10(15)13(9-14(2)3)11-5-7-12(16-4)8-6-11/h5-9H,1-4H3/b13-9+. The van der Waals surface area contributed by atoms with Crippen molar-refractivity contribution in [3.05, 3.63) is 36.0 Å². The molecule has 16 heavy (non-hydrogen) atoms. The molecule has 0 saturated heterocycles. The lowest BCUT2D eigenvalue weighted by atomic mass is 10.0. The zero-order valence-corrected chi connectivity index (χ0v) is 10.2. The Kier molecular flexibility index (Phi) is 4.11. The molecule has 0 heterocycles. The van der Waals surface area contributed by atoms with E-state index in [0.29, 0.717) is 5.57 Å². The predicted molar refractivity (Wildman–Crippen MR) is 65.3 cm³/mol. The number of hydrogen-bond donors (Lipinski definition) is 0. The number of carbonyl (C=O) groups is 1. The van der Waals surface area contributed by atoms with E-state index in [2.05, 4.69) is 0 Å². The Morgan fingerprint density at radius 1 is 1.25 bits per heavy atom. The highest BCUT2D eigenvalue weighted by atomic mass is 16.5. The first kappa shape index (κ1) is 12.3. The van der Waals surface area contributed by atoms with Gasteiger partial charge in [-0.25, -0.2) is 0 Å². The first-order valence-corrected chi connectivity index (χ1v) is 5.08. The van der Waals surface area contributed by atoms with E-state index in [1.807, 2.05) is 49.5 Å². The van der Waals surface area contributed by atoms with Crippen LogP contribution in [0.15, 0.2) is 30.5 Å². The van der Waals surface area contributed by atoms with Gasteiger partial charge >= 0.3 is 0 Å². The summed E-state index contributed by atoms with van der Waals surface area (Å²) in [6, 6.07) is 7.47. The van der Waals surface area contributed by atoms with Gasteiger partial charge in [-0.1, -0.05) is 12.1 Å². The van der Waals surface area contributed by atoms with Crippen molar-refractivity contribution in [3.8, 4) is 5.75 Å². The molecule has 0 unspecified atom stereocenters. The van der Waals surface area contributed by atoms with Crippen molar-refractivity contribution >= 4 is 11.4 Å². The molecule has 1 aromatic rings. The normalized spacial score (nSPS) is 11.1. The van der Waals surface area contributed by atoms with Crippen LogP contribution in [0.2, 0.25) is 0 Å². The third-order valence-corrected chi connectivity index (χ3v) is 2.17. The minimum Gasteiger partial charge on any atom is -0.497 e. The summed E-state index contributed by atoms with van der Waals surface area (Å²) in [6.07, 6.45) is 1.82. The van der Waals surface area contributed by atoms with Crippen LogP contribution in [0.25, 0.3) is 5.57 Å². The Morgan fingerprint density at radius 2 is 1.81 bits per heavy atom. The summed E-state index contributed by atoms with van der Waals surface area (Å²) < 4.78 is 5.08. The third-order valence-electron chi connectivity index (χ3n) is 2.17. The fourth-order valence-corrected chi connectivity index (χ4v) is 1.40. The van der Waals surface area contributed by atoms with Gasteiger partial charge in [0.1, 0.15) is 5.75 Å². The molecule has 0 aliphatic carbocycles. The Bertz CT molecular complexity index is 391. The molecule has 0 spiro atoms. The molecule has 0 fully saturated rings. The van der Waals surface area contributed by atoms with E-state index in [1.165, 1.54) is 0 Å². The van der Waals surface area contributed by atoms with Gasteiger partial charge in [-0.05, 0) is 24.6 Å². The number of methoxy groups -OCH3 is 1. The van der Waals surface area contributed by atoms with Crippen LogP contribution >= 0.6 is 0 Å². The molecule has 86 valence electrons. The second-order valence-corrected chi connectivity index (χ2v) is 3.79. The highest BCUT2D eigenvalue weighted by molar-refractivity contribution is 6.19. The summed E-state index contributed by atoms with van der Waals surface area (Å²) >= 11 is 0. The van der Waals surface area contributed by atoms with Crippen LogP contribution in [0.4, 0.5) is 0 Å². The largest absolute Gasteiger partial charge is 0.497 e. The van der Waals surface area contributed by atoms with E-state index in [4.69, 9.17) is 4.74 Å². The molecule has 0 saturated carbocycles. The van der Waals surface area contributed by atoms with Crippen molar-refractivity contribution in [2.75, 3.05) is 21.2 Å². The third kappa shape index (κ3) is 3.12. The molecule has 1 rings (SSSR count). The monoisotopic (exact) mass is 219 g/mol. The summed E-state index contributed by atoms with van der Waals surface area (Å²) in [4.78, 5) is 13.4. The van der Waals surface area contributed by atoms with Crippen LogP contribution in [-0.4, -0.2) is 31.9 Å². The van der Waals surface area contributed by atoms with Crippen molar-refractivity contribution < 1.29 is 9.53 Å². The first-order valence-electron chi connectivity index (χ1n) is 5.08. The number of ketones is 1. The van der Waals surface area contributed by atoms with Gasteiger partial charge < -0.3 is 9.64 Å². The van der Waals surface area contributed by atoms with Crippen LogP contribution in [0.1, 0.15) is 12.5 Å². The molecule has 0 N–H and O–H groups in total. The molecular weight excluding hydrogens is 202 g/mol. The van der Waals surface area contributed by atoms with Crippen molar-refractivity contribution in [2.24, 2.45) is 0 Å². The summed E-state index contributed by atoms with van der Waals surface area (Å²) in [5.41, 5.74) is 1.61. The van der Waals surface area contributed by atoms with Gasteiger partial charge in [-0.2, -0.15) is 0 Å². The first-order chi connectivity index (χ1) is 7.54. The molecule has 0 aliphatic heterocycles. The number of Topliss-reactive ketones (excluding diaryl/α,β-unsaturated/α-hetero) is 1. The number of rotatable bonds is 4. The van der Waals surface area contributed by atoms with Crippen molar-refractivity contribution in [1.82, 2.24) is 4.90 Å². The minimum atomic E-state index is 0.0545. The Morgan fingerprint density at radius 3 is 2.19 bits per heavy atom. The number of allylic oxidation sites excluding steroid dienone is 1. The van der Waals surface area contributed by atoms with Crippen molar-refractivity contribution in [2.45, 2.75) is 6.92 Å². The fraction of sp³-hybridized carbons (Fsp3) is 0.308. The number of benzene rings is 1. The van der Waals surface area contributed by atoms with E-state index < -0.39 is 0 Å². The van der Waals surface area contributed by atoms with Crippen LogP contribution in [-0.2, 0) is 4.79 Å². The van der Waals surface area contributed by atoms with Gasteiger partial charge in [0.2, 0.25) is 0 Å². The zero-order chi connectivity index (χ0) is 12.1. The van der Waals surface area contributed by atoms with Crippen LogP contribution in [0, 0.1) is 0 Å². The van der Waals surface area contributed by atoms with E-state index in [0.717, 1.165) is 11.3 Å². The molecular formula is C13H17NO2. The highest BCUT2D eigenvalue weighted by Gasteiger charge is 2.07.